The molecule has 0 aliphatic carbocycles. The van der Waals surface area contributed by atoms with Crippen LogP contribution in [0.15, 0.2) is 59.9 Å². The lowest BCUT2D eigenvalue weighted by atomic mass is 9.95. The number of nitrogens with zero attached hydrogens (tertiary/aromatic N) is 2. The Labute approximate surface area is 134 Å². The van der Waals surface area contributed by atoms with E-state index in [1.807, 2.05) is 25.3 Å². The Morgan fingerprint density at radius 2 is 1.78 bits per heavy atom. The second-order valence-electron chi connectivity index (χ2n) is 5.68. The molecule has 116 valence electrons. The Bertz CT molecular complexity index is 781. The standard InChI is InChI=1S/C19H17FN2O/c1-22-12-16(8-14-4-2-6-18(20)10-14)19(23)17(13-22)9-15-5-3-7-21-11-15/h2-11H,12-13H2,1H3/b16-8+,17-9+. The fraction of sp³-hybridized carbons (Fsp3) is 0.158. The second kappa shape index (κ2) is 6.67. The summed E-state index contributed by atoms with van der Waals surface area (Å²) in [7, 11) is 1.96. The van der Waals surface area contributed by atoms with Gasteiger partial charge in [-0.05, 0) is 48.5 Å². The summed E-state index contributed by atoms with van der Waals surface area (Å²) in [6.07, 6.45) is 7.06. The van der Waals surface area contributed by atoms with Crippen molar-refractivity contribution in [3.05, 3.63) is 76.9 Å². The monoisotopic (exact) mass is 308 g/mol. The van der Waals surface area contributed by atoms with E-state index >= 15 is 0 Å². The topological polar surface area (TPSA) is 33.2 Å². The lowest BCUT2D eigenvalue weighted by molar-refractivity contribution is -0.113. The van der Waals surface area contributed by atoms with Gasteiger partial charge in [0.25, 0.3) is 0 Å². The predicted octanol–water partition coefficient (Wildman–Crippen LogP) is 3.20. The molecule has 0 atom stereocenters. The van der Waals surface area contributed by atoms with Gasteiger partial charge < -0.3 is 0 Å². The molecule has 1 aliphatic heterocycles. The lowest BCUT2D eigenvalue weighted by Gasteiger charge is -2.26. The first-order chi connectivity index (χ1) is 11.1. The summed E-state index contributed by atoms with van der Waals surface area (Å²) in [6.45, 7) is 1.15. The molecule has 2 heterocycles. The molecule has 3 rings (SSSR count). The van der Waals surface area contributed by atoms with Gasteiger partial charge in [-0.2, -0.15) is 0 Å². The molecule has 3 nitrogen and oxygen atoms in total. The van der Waals surface area contributed by atoms with Crippen molar-refractivity contribution >= 4 is 17.9 Å². The molecule has 4 heteroatoms. The first kappa shape index (κ1) is 15.3. The van der Waals surface area contributed by atoms with Crippen molar-refractivity contribution in [2.24, 2.45) is 0 Å². The summed E-state index contributed by atoms with van der Waals surface area (Å²) in [6, 6.07) is 10.0. The number of piperidine rings is 1. The van der Waals surface area contributed by atoms with Gasteiger partial charge in [-0.25, -0.2) is 4.39 Å². The fourth-order valence-electron chi connectivity index (χ4n) is 2.67. The van der Waals surface area contributed by atoms with Gasteiger partial charge in [0.2, 0.25) is 0 Å². The van der Waals surface area contributed by atoms with E-state index in [4.69, 9.17) is 0 Å². The van der Waals surface area contributed by atoms with E-state index in [9.17, 15) is 9.18 Å². The van der Waals surface area contributed by atoms with E-state index in [1.54, 1.807) is 30.6 Å². The van der Waals surface area contributed by atoms with Crippen LogP contribution in [0.25, 0.3) is 12.2 Å². The molecule has 0 amide bonds. The first-order valence-corrected chi connectivity index (χ1v) is 7.42. The molecule has 0 saturated carbocycles. The number of benzene rings is 1. The van der Waals surface area contributed by atoms with Crippen LogP contribution in [0.3, 0.4) is 0 Å². The van der Waals surface area contributed by atoms with Crippen molar-refractivity contribution < 1.29 is 9.18 Å². The highest BCUT2D eigenvalue weighted by Crippen LogP contribution is 2.21. The van der Waals surface area contributed by atoms with Crippen molar-refractivity contribution in [2.45, 2.75) is 0 Å². The van der Waals surface area contributed by atoms with Gasteiger partial charge in [-0.3, -0.25) is 14.7 Å². The van der Waals surface area contributed by atoms with E-state index < -0.39 is 0 Å². The summed E-state index contributed by atoms with van der Waals surface area (Å²) in [4.78, 5) is 18.8. The average Bonchev–Trinajstić information content (AvgIpc) is 2.53. The normalized spacial score (nSPS) is 19.5. The number of likely N-dealkylation sites (N-methyl/N-ethyl adjacent to an activating group) is 1. The van der Waals surface area contributed by atoms with E-state index in [0.29, 0.717) is 24.2 Å². The number of ketones is 1. The van der Waals surface area contributed by atoms with E-state index in [2.05, 4.69) is 9.88 Å². The zero-order chi connectivity index (χ0) is 16.2. The highest BCUT2D eigenvalue weighted by Gasteiger charge is 2.23. The van der Waals surface area contributed by atoms with Gasteiger partial charge >= 0.3 is 0 Å². The number of hydrogen-bond donors (Lipinski definition) is 0. The van der Waals surface area contributed by atoms with Crippen LogP contribution in [0.4, 0.5) is 4.39 Å². The molecule has 1 aromatic heterocycles. The zero-order valence-corrected chi connectivity index (χ0v) is 12.9. The lowest BCUT2D eigenvalue weighted by Crippen LogP contribution is -2.34. The summed E-state index contributed by atoms with van der Waals surface area (Å²) < 4.78 is 13.3. The largest absolute Gasteiger partial charge is 0.298 e. The van der Waals surface area contributed by atoms with Gasteiger partial charge in [-0.15, -0.1) is 0 Å². The minimum Gasteiger partial charge on any atom is -0.298 e. The number of carbonyl (C=O) groups is 1. The number of Topliss-reactive ketones (excluding diaryl/α,β-unsaturated/α-hetero) is 1. The van der Waals surface area contributed by atoms with Crippen molar-refractivity contribution in [1.82, 2.24) is 9.88 Å². The molecule has 2 aromatic rings. The van der Waals surface area contributed by atoms with E-state index in [0.717, 1.165) is 11.1 Å². The SMILES string of the molecule is CN1C/C(=C\c2cccnc2)C(=O)/C(=C/c2cccc(F)c2)C1. The predicted molar refractivity (Wildman–Crippen MR) is 89.1 cm³/mol. The number of halogens is 1. The number of carbonyl (C=O) groups excluding carboxylic acids is 1. The Kier molecular flexibility index (Phi) is 4.44. The van der Waals surface area contributed by atoms with E-state index in [-0.39, 0.29) is 11.6 Å². The Morgan fingerprint density at radius 1 is 1.09 bits per heavy atom. The molecule has 1 aromatic carbocycles. The number of likely N-dealkylation sites (tertiary alicyclic amines) is 1. The Balaban J connectivity index is 1.93. The third-order valence-electron chi connectivity index (χ3n) is 3.68. The molecule has 1 aliphatic rings. The maximum absolute atomic E-state index is 13.3. The van der Waals surface area contributed by atoms with E-state index in [1.165, 1.54) is 12.1 Å². The van der Waals surface area contributed by atoms with Crippen LogP contribution in [0.1, 0.15) is 11.1 Å². The van der Waals surface area contributed by atoms with Crippen molar-refractivity contribution in [3.63, 3.8) is 0 Å². The molecule has 0 spiro atoms. The van der Waals surface area contributed by atoms with Crippen molar-refractivity contribution in [1.29, 1.82) is 0 Å². The van der Waals surface area contributed by atoms with Gasteiger partial charge in [0.15, 0.2) is 5.78 Å². The van der Waals surface area contributed by atoms with Gasteiger partial charge in [0.05, 0.1) is 0 Å². The zero-order valence-electron chi connectivity index (χ0n) is 12.9. The third-order valence-corrected chi connectivity index (χ3v) is 3.68. The number of aromatic nitrogens is 1. The molecule has 1 saturated heterocycles. The summed E-state index contributed by atoms with van der Waals surface area (Å²) in [5.74, 6) is -0.293. The van der Waals surface area contributed by atoms with Crippen LogP contribution < -0.4 is 0 Å². The molecule has 1 fully saturated rings. The van der Waals surface area contributed by atoms with Crippen molar-refractivity contribution in [3.8, 4) is 0 Å². The van der Waals surface area contributed by atoms with Crippen LogP contribution in [-0.4, -0.2) is 35.8 Å². The fourth-order valence-corrected chi connectivity index (χ4v) is 2.67. The van der Waals surface area contributed by atoms with Gasteiger partial charge in [0.1, 0.15) is 5.82 Å². The van der Waals surface area contributed by atoms with Crippen LogP contribution in [0, 0.1) is 5.82 Å². The third kappa shape index (κ3) is 3.79. The summed E-state index contributed by atoms with van der Waals surface area (Å²) in [5.41, 5.74) is 2.98. The molecular weight excluding hydrogens is 291 g/mol. The molecule has 0 unspecified atom stereocenters. The van der Waals surface area contributed by atoms with Crippen LogP contribution in [-0.2, 0) is 4.79 Å². The Hall–Kier alpha value is -2.59. The summed E-state index contributed by atoms with van der Waals surface area (Å²) in [5, 5.41) is 0. The number of rotatable bonds is 2. The van der Waals surface area contributed by atoms with Crippen LogP contribution >= 0.6 is 0 Å². The highest BCUT2D eigenvalue weighted by molar-refractivity contribution is 6.14. The smallest absolute Gasteiger partial charge is 0.187 e. The second-order valence-corrected chi connectivity index (χ2v) is 5.68. The summed E-state index contributed by atoms with van der Waals surface area (Å²) >= 11 is 0. The van der Waals surface area contributed by atoms with Crippen molar-refractivity contribution in [2.75, 3.05) is 20.1 Å². The molecular formula is C19H17FN2O. The molecule has 23 heavy (non-hydrogen) atoms. The van der Waals surface area contributed by atoms with Gasteiger partial charge in [-0.1, -0.05) is 18.2 Å². The number of pyridine rings is 1. The van der Waals surface area contributed by atoms with Gasteiger partial charge in [0, 0.05) is 36.6 Å². The maximum atomic E-state index is 13.3. The Morgan fingerprint density at radius 3 is 2.43 bits per heavy atom. The number of hydrogen-bond acceptors (Lipinski definition) is 3. The maximum Gasteiger partial charge on any atom is 0.187 e. The quantitative estimate of drug-likeness (QED) is 0.799. The highest BCUT2D eigenvalue weighted by atomic mass is 19.1. The van der Waals surface area contributed by atoms with Crippen LogP contribution in [0.5, 0.6) is 0 Å². The minimum absolute atomic E-state index is 0.0104. The molecule has 0 bridgehead atoms. The molecule has 0 N–H and O–H groups in total. The average molecular weight is 308 g/mol. The van der Waals surface area contributed by atoms with Crippen LogP contribution in [0.2, 0.25) is 0 Å². The first-order valence-electron chi connectivity index (χ1n) is 7.42. The molecule has 0 radical (unpaired) electrons. The minimum atomic E-state index is -0.304.